The maximum absolute atomic E-state index is 11.3. The first-order valence-corrected chi connectivity index (χ1v) is 6.13. The summed E-state index contributed by atoms with van der Waals surface area (Å²) in [6.07, 6.45) is 5.49. The first-order valence-electron chi connectivity index (χ1n) is 6.13. The summed E-state index contributed by atoms with van der Waals surface area (Å²) in [5.74, 6) is 0.286. The van der Waals surface area contributed by atoms with Gasteiger partial charge in [0.2, 0.25) is 5.91 Å². The molecule has 0 saturated carbocycles. The minimum atomic E-state index is 0.286. The molecule has 1 rings (SSSR count). The Morgan fingerprint density at radius 1 is 1.60 bits per heavy atom. The molecule has 2 atom stereocenters. The lowest BCUT2D eigenvalue weighted by atomic mass is 10.0. The van der Waals surface area contributed by atoms with Gasteiger partial charge < -0.3 is 10.2 Å². The Balaban J connectivity index is 2.24. The molecule has 1 amide bonds. The van der Waals surface area contributed by atoms with Crippen molar-refractivity contribution in [2.45, 2.75) is 58.0 Å². The van der Waals surface area contributed by atoms with Crippen LogP contribution in [0.2, 0.25) is 0 Å². The summed E-state index contributed by atoms with van der Waals surface area (Å²) in [6, 6.07) is 1.08. The number of hydrogen-bond acceptors (Lipinski definition) is 2. The molecule has 0 bridgehead atoms. The largest absolute Gasteiger partial charge is 0.344 e. The second kappa shape index (κ2) is 6.11. The Kier molecular flexibility index (Phi) is 5.09. The minimum absolute atomic E-state index is 0.286. The van der Waals surface area contributed by atoms with E-state index in [2.05, 4.69) is 19.2 Å². The Morgan fingerprint density at radius 2 is 2.33 bits per heavy atom. The number of nitrogens with one attached hydrogen (secondary N) is 1. The van der Waals surface area contributed by atoms with Gasteiger partial charge in [-0.25, -0.2) is 0 Å². The molecule has 88 valence electrons. The third kappa shape index (κ3) is 4.20. The Labute approximate surface area is 93.2 Å². The zero-order chi connectivity index (χ0) is 11.3. The van der Waals surface area contributed by atoms with E-state index in [4.69, 9.17) is 0 Å². The normalized spacial score (nSPS) is 24.3. The fourth-order valence-corrected chi connectivity index (χ4v) is 2.14. The summed E-state index contributed by atoms with van der Waals surface area (Å²) < 4.78 is 0. The van der Waals surface area contributed by atoms with Crippen LogP contribution in [-0.4, -0.2) is 36.5 Å². The van der Waals surface area contributed by atoms with E-state index in [9.17, 15) is 4.79 Å². The zero-order valence-electron chi connectivity index (χ0n) is 10.3. The Bertz CT molecular complexity index is 206. The van der Waals surface area contributed by atoms with Crippen LogP contribution < -0.4 is 5.32 Å². The van der Waals surface area contributed by atoms with E-state index in [0.717, 1.165) is 13.0 Å². The summed E-state index contributed by atoms with van der Waals surface area (Å²) >= 11 is 0. The zero-order valence-corrected chi connectivity index (χ0v) is 10.3. The van der Waals surface area contributed by atoms with Crippen LogP contribution in [0.25, 0.3) is 0 Å². The van der Waals surface area contributed by atoms with Gasteiger partial charge >= 0.3 is 0 Å². The van der Waals surface area contributed by atoms with Crippen LogP contribution in [0.15, 0.2) is 0 Å². The molecular formula is C12H24N2O. The molecule has 3 heteroatoms. The van der Waals surface area contributed by atoms with Crippen LogP contribution in [0.1, 0.15) is 46.0 Å². The molecule has 1 N–H and O–H groups in total. The third-order valence-corrected chi connectivity index (χ3v) is 3.14. The van der Waals surface area contributed by atoms with Crippen molar-refractivity contribution in [1.29, 1.82) is 0 Å². The molecule has 2 unspecified atom stereocenters. The van der Waals surface area contributed by atoms with E-state index in [1.54, 1.807) is 0 Å². The number of likely N-dealkylation sites (N-methyl/N-ethyl adjacent to an activating group) is 1. The lowest BCUT2D eigenvalue weighted by Crippen LogP contribution is -2.49. The number of carbonyl (C=O) groups excluding carboxylic acids is 1. The van der Waals surface area contributed by atoms with Crippen LogP contribution >= 0.6 is 0 Å². The van der Waals surface area contributed by atoms with Gasteiger partial charge in [0, 0.05) is 32.1 Å². The predicted molar refractivity (Wildman–Crippen MR) is 62.8 cm³/mol. The molecule has 0 aliphatic carbocycles. The SMILES string of the molecule is CCCCC(C)NC1CCC(=O)N(C)C1. The highest BCUT2D eigenvalue weighted by Crippen LogP contribution is 2.11. The number of piperidine rings is 1. The smallest absolute Gasteiger partial charge is 0.222 e. The molecule has 15 heavy (non-hydrogen) atoms. The highest BCUT2D eigenvalue weighted by Gasteiger charge is 2.23. The van der Waals surface area contributed by atoms with Crippen molar-refractivity contribution in [3.05, 3.63) is 0 Å². The topological polar surface area (TPSA) is 32.3 Å². The van der Waals surface area contributed by atoms with Crippen molar-refractivity contribution >= 4 is 5.91 Å². The van der Waals surface area contributed by atoms with Gasteiger partial charge in [-0.3, -0.25) is 4.79 Å². The lowest BCUT2D eigenvalue weighted by Gasteiger charge is -2.32. The van der Waals surface area contributed by atoms with E-state index in [-0.39, 0.29) is 5.91 Å². The molecule has 1 aliphatic heterocycles. The van der Waals surface area contributed by atoms with Crippen molar-refractivity contribution in [3.63, 3.8) is 0 Å². The summed E-state index contributed by atoms with van der Waals surface area (Å²) in [5.41, 5.74) is 0. The Hall–Kier alpha value is -0.570. The van der Waals surface area contributed by atoms with Gasteiger partial charge in [-0.05, 0) is 19.8 Å². The number of rotatable bonds is 5. The van der Waals surface area contributed by atoms with Crippen molar-refractivity contribution < 1.29 is 4.79 Å². The van der Waals surface area contributed by atoms with E-state index in [1.165, 1.54) is 19.3 Å². The highest BCUT2D eigenvalue weighted by atomic mass is 16.2. The molecule has 3 nitrogen and oxygen atoms in total. The van der Waals surface area contributed by atoms with E-state index in [1.807, 2.05) is 11.9 Å². The van der Waals surface area contributed by atoms with Crippen molar-refractivity contribution in [3.8, 4) is 0 Å². The van der Waals surface area contributed by atoms with Crippen molar-refractivity contribution in [2.24, 2.45) is 0 Å². The van der Waals surface area contributed by atoms with E-state index in [0.29, 0.717) is 18.5 Å². The summed E-state index contributed by atoms with van der Waals surface area (Å²) in [4.78, 5) is 13.1. The third-order valence-electron chi connectivity index (χ3n) is 3.14. The molecule has 0 radical (unpaired) electrons. The molecular weight excluding hydrogens is 188 g/mol. The van der Waals surface area contributed by atoms with Crippen LogP contribution in [0.3, 0.4) is 0 Å². The highest BCUT2D eigenvalue weighted by molar-refractivity contribution is 5.76. The van der Waals surface area contributed by atoms with Crippen LogP contribution in [0, 0.1) is 0 Å². The maximum atomic E-state index is 11.3. The average Bonchev–Trinajstić information content (AvgIpc) is 2.20. The fourth-order valence-electron chi connectivity index (χ4n) is 2.14. The number of likely N-dealkylation sites (tertiary alicyclic amines) is 1. The van der Waals surface area contributed by atoms with Gasteiger partial charge in [0.05, 0.1) is 0 Å². The first kappa shape index (κ1) is 12.5. The number of hydrogen-bond donors (Lipinski definition) is 1. The number of unbranched alkanes of at least 4 members (excludes halogenated alkanes) is 1. The average molecular weight is 212 g/mol. The summed E-state index contributed by atoms with van der Waals surface area (Å²) in [5, 5.41) is 3.61. The standard InChI is InChI=1S/C12H24N2O/c1-4-5-6-10(2)13-11-7-8-12(15)14(3)9-11/h10-11,13H,4-9H2,1-3H3. The second-order valence-electron chi connectivity index (χ2n) is 4.72. The summed E-state index contributed by atoms with van der Waals surface area (Å²) in [6.45, 7) is 5.33. The fraction of sp³-hybridized carbons (Fsp3) is 0.917. The maximum Gasteiger partial charge on any atom is 0.222 e. The molecule has 1 heterocycles. The van der Waals surface area contributed by atoms with Gasteiger partial charge in [0.1, 0.15) is 0 Å². The molecule has 0 aromatic heterocycles. The van der Waals surface area contributed by atoms with Crippen molar-refractivity contribution in [1.82, 2.24) is 10.2 Å². The number of amides is 1. The van der Waals surface area contributed by atoms with Crippen LogP contribution in [0.4, 0.5) is 0 Å². The lowest BCUT2D eigenvalue weighted by molar-refractivity contribution is -0.132. The molecule has 0 aromatic rings. The molecule has 0 aromatic carbocycles. The van der Waals surface area contributed by atoms with Gasteiger partial charge in [0.25, 0.3) is 0 Å². The van der Waals surface area contributed by atoms with Crippen LogP contribution in [-0.2, 0) is 4.79 Å². The number of carbonyl (C=O) groups is 1. The van der Waals surface area contributed by atoms with Gasteiger partial charge in [-0.15, -0.1) is 0 Å². The molecule has 1 aliphatic rings. The molecule has 0 spiro atoms. The monoisotopic (exact) mass is 212 g/mol. The first-order chi connectivity index (χ1) is 7.13. The Morgan fingerprint density at radius 3 is 2.93 bits per heavy atom. The molecule has 1 fully saturated rings. The van der Waals surface area contributed by atoms with Gasteiger partial charge in [0.15, 0.2) is 0 Å². The van der Waals surface area contributed by atoms with Gasteiger partial charge in [-0.2, -0.15) is 0 Å². The second-order valence-corrected chi connectivity index (χ2v) is 4.72. The van der Waals surface area contributed by atoms with Crippen LogP contribution in [0.5, 0.6) is 0 Å². The van der Waals surface area contributed by atoms with E-state index >= 15 is 0 Å². The number of nitrogens with zero attached hydrogens (tertiary/aromatic N) is 1. The quantitative estimate of drug-likeness (QED) is 0.753. The summed E-state index contributed by atoms with van der Waals surface area (Å²) in [7, 11) is 1.90. The van der Waals surface area contributed by atoms with Gasteiger partial charge in [-0.1, -0.05) is 19.8 Å². The minimum Gasteiger partial charge on any atom is -0.344 e. The van der Waals surface area contributed by atoms with E-state index < -0.39 is 0 Å². The predicted octanol–water partition coefficient (Wildman–Crippen LogP) is 1.78. The van der Waals surface area contributed by atoms with Crippen molar-refractivity contribution in [2.75, 3.05) is 13.6 Å². The molecule has 1 saturated heterocycles.